The van der Waals surface area contributed by atoms with Crippen LogP contribution < -0.4 is 0 Å². The van der Waals surface area contributed by atoms with Crippen LogP contribution in [0.15, 0.2) is 35.7 Å². The van der Waals surface area contributed by atoms with Crippen LogP contribution in [0.4, 0.5) is 4.39 Å². The summed E-state index contributed by atoms with van der Waals surface area (Å²) in [6.07, 6.45) is 0.893. The number of hydrogen-bond donors (Lipinski definition) is 0. The van der Waals surface area contributed by atoms with Crippen LogP contribution in [-0.2, 0) is 16.0 Å². The lowest BCUT2D eigenvalue weighted by Gasteiger charge is -2.39. The molecule has 0 spiro atoms. The van der Waals surface area contributed by atoms with Crippen LogP contribution in [-0.4, -0.2) is 71.7 Å². The maximum atomic E-state index is 13.9. The minimum atomic E-state index is -0.267. The van der Waals surface area contributed by atoms with E-state index in [4.69, 9.17) is 11.6 Å². The van der Waals surface area contributed by atoms with Crippen LogP contribution >= 0.6 is 22.9 Å². The van der Waals surface area contributed by atoms with Crippen LogP contribution in [0.5, 0.6) is 0 Å². The molecule has 0 aliphatic carbocycles. The molecule has 1 saturated heterocycles. The molecule has 8 heteroatoms. The van der Waals surface area contributed by atoms with E-state index in [-0.39, 0.29) is 36.1 Å². The van der Waals surface area contributed by atoms with E-state index in [9.17, 15) is 14.0 Å². The second kappa shape index (κ2) is 8.81. The summed E-state index contributed by atoms with van der Waals surface area (Å²) < 4.78 is 13.9. The molecule has 0 N–H and O–H groups in total. The molecule has 3 heterocycles. The first-order valence-electron chi connectivity index (χ1n) is 9.74. The number of rotatable bonds is 4. The number of hydrogen-bond acceptors (Lipinski definition) is 4. The smallest absolute Gasteiger partial charge is 0.237 e. The molecule has 0 bridgehead atoms. The molecule has 1 unspecified atom stereocenters. The number of carbonyl (C=O) groups excluding carboxylic acids is 2. The number of nitrogens with zero attached hydrogens (tertiary/aromatic N) is 3. The van der Waals surface area contributed by atoms with Gasteiger partial charge in [0, 0.05) is 37.6 Å². The minimum absolute atomic E-state index is 0.0278. The van der Waals surface area contributed by atoms with Crippen LogP contribution in [0.3, 0.4) is 0 Å². The summed E-state index contributed by atoms with van der Waals surface area (Å²) in [5.41, 5.74) is 2.03. The van der Waals surface area contributed by atoms with Crippen molar-refractivity contribution in [2.24, 2.45) is 0 Å². The van der Waals surface area contributed by atoms with Gasteiger partial charge < -0.3 is 9.80 Å². The van der Waals surface area contributed by atoms with Gasteiger partial charge in [0.25, 0.3) is 0 Å². The van der Waals surface area contributed by atoms with Gasteiger partial charge in [-0.3, -0.25) is 14.5 Å². The summed E-state index contributed by atoms with van der Waals surface area (Å²) in [6.45, 7) is 3.09. The fourth-order valence-corrected chi connectivity index (χ4v) is 5.24. The Kier molecular flexibility index (Phi) is 6.18. The van der Waals surface area contributed by atoms with Crippen molar-refractivity contribution in [2.45, 2.75) is 12.5 Å². The van der Waals surface area contributed by atoms with Crippen molar-refractivity contribution in [3.8, 4) is 0 Å². The van der Waals surface area contributed by atoms with Gasteiger partial charge in [0.15, 0.2) is 0 Å². The summed E-state index contributed by atoms with van der Waals surface area (Å²) in [5.74, 6) is -0.342. The van der Waals surface area contributed by atoms with Crippen molar-refractivity contribution in [1.82, 2.24) is 14.7 Å². The summed E-state index contributed by atoms with van der Waals surface area (Å²) in [4.78, 5) is 31.7. The summed E-state index contributed by atoms with van der Waals surface area (Å²) in [5, 5.41) is 2.06. The van der Waals surface area contributed by atoms with Gasteiger partial charge in [-0.2, -0.15) is 0 Å². The zero-order chi connectivity index (χ0) is 20.4. The average molecular weight is 436 g/mol. The predicted octanol–water partition coefficient (Wildman–Crippen LogP) is 2.74. The van der Waals surface area contributed by atoms with Gasteiger partial charge in [0.05, 0.1) is 12.6 Å². The molecule has 29 heavy (non-hydrogen) atoms. The molecule has 1 aromatic carbocycles. The lowest BCUT2D eigenvalue weighted by molar-refractivity contribution is -0.139. The minimum Gasteiger partial charge on any atom is -0.338 e. The Morgan fingerprint density at radius 2 is 1.79 bits per heavy atom. The Labute approximate surface area is 178 Å². The molecule has 2 aromatic rings. The molecule has 0 saturated carbocycles. The monoisotopic (exact) mass is 435 g/mol. The Balaban J connectivity index is 1.49. The second-order valence-corrected chi connectivity index (χ2v) is 8.64. The van der Waals surface area contributed by atoms with Gasteiger partial charge in [0.1, 0.15) is 11.7 Å². The predicted molar refractivity (Wildman–Crippen MR) is 112 cm³/mol. The van der Waals surface area contributed by atoms with Crippen molar-refractivity contribution < 1.29 is 14.0 Å². The van der Waals surface area contributed by atoms with E-state index in [1.165, 1.54) is 10.9 Å². The molecule has 2 amide bonds. The number of carbonyl (C=O) groups is 2. The highest BCUT2D eigenvalue weighted by Gasteiger charge is 2.33. The fourth-order valence-electron chi connectivity index (χ4n) is 4.17. The Hall–Kier alpha value is -1.96. The molecule has 2 aliphatic heterocycles. The highest BCUT2D eigenvalue weighted by molar-refractivity contribution is 7.10. The standard InChI is InChI=1S/C21H23ClFN3O2S/c22-13-19(27)24-7-9-25(10-8-24)20(28)14-26-6-4-18-17(5-11-29-18)21(26)15-2-1-3-16(23)12-15/h1-3,5,11-12,21H,4,6-10,13-14H2. The van der Waals surface area contributed by atoms with Gasteiger partial charge >= 0.3 is 0 Å². The number of fused-ring (bicyclic) bond motifs is 1. The largest absolute Gasteiger partial charge is 0.338 e. The SMILES string of the molecule is O=C(CCl)N1CCN(C(=O)CN2CCc3sccc3C2c2cccc(F)c2)CC1. The normalized spacial score (nSPS) is 19.9. The number of thiophene rings is 1. The van der Waals surface area contributed by atoms with E-state index >= 15 is 0 Å². The molecule has 1 aromatic heterocycles. The zero-order valence-electron chi connectivity index (χ0n) is 16.0. The number of piperazine rings is 1. The molecule has 1 atom stereocenters. The van der Waals surface area contributed by atoms with E-state index in [1.54, 1.807) is 28.4 Å². The average Bonchev–Trinajstić information content (AvgIpc) is 3.22. The van der Waals surface area contributed by atoms with E-state index < -0.39 is 0 Å². The van der Waals surface area contributed by atoms with E-state index in [0.717, 1.165) is 24.1 Å². The van der Waals surface area contributed by atoms with Crippen molar-refractivity contribution in [3.63, 3.8) is 0 Å². The topological polar surface area (TPSA) is 43.9 Å². The third-order valence-corrected chi connectivity index (χ3v) is 6.89. The summed E-state index contributed by atoms with van der Waals surface area (Å²) in [6, 6.07) is 8.61. The molecule has 154 valence electrons. The third-order valence-electron chi connectivity index (χ3n) is 5.67. The van der Waals surface area contributed by atoms with E-state index in [0.29, 0.717) is 26.2 Å². The number of halogens is 2. The molecule has 5 nitrogen and oxygen atoms in total. The molecular formula is C21H23ClFN3O2S. The number of benzene rings is 1. The van der Waals surface area contributed by atoms with Gasteiger partial charge in [-0.1, -0.05) is 12.1 Å². The van der Waals surface area contributed by atoms with Gasteiger partial charge in [-0.05, 0) is 41.1 Å². The first kappa shape index (κ1) is 20.3. The van der Waals surface area contributed by atoms with Crippen LogP contribution in [0.25, 0.3) is 0 Å². The number of alkyl halides is 1. The van der Waals surface area contributed by atoms with Gasteiger partial charge in [-0.25, -0.2) is 4.39 Å². The molecular weight excluding hydrogens is 413 g/mol. The zero-order valence-corrected chi connectivity index (χ0v) is 17.6. The number of amides is 2. The van der Waals surface area contributed by atoms with Crippen molar-refractivity contribution >= 4 is 34.8 Å². The van der Waals surface area contributed by atoms with Crippen molar-refractivity contribution in [3.05, 3.63) is 57.5 Å². The van der Waals surface area contributed by atoms with Crippen LogP contribution in [0.1, 0.15) is 22.0 Å². The highest BCUT2D eigenvalue weighted by Crippen LogP contribution is 2.37. The van der Waals surface area contributed by atoms with Crippen molar-refractivity contribution in [1.29, 1.82) is 0 Å². The highest BCUT2D eigenvalue weighted by atomic mass is 35.5. The van der Waals surface area contributed by atoms with Crippen molar-refractivity contribution in [2.75, 3.05) is 45.1 Å². The molecule has 0 radical (unpaired) electrons. The van der Waals surface area contributed by atoms with Crippen LogP contribution in [0, 0.1) is 5.82 Å². The quantitative estimate of drug-likeness (QED) is 0.693. The first-order chi connectivity index (χ1) is 14.1. The van der Waals surface area contributed by atoms with E-state index in [1.807, 2.05) is 11.0 Å². The second-order valence-electron chi connectivity index (χ2n) is 7.37. The van der Waals surface area contributed by atoms with Gasteiger partial charge in [0.2, 0.25) is 11.8 Å². The molecule has 1 fully saturated rings. The Morgan fingerprint density at radius 3 is 2.48 bits per heavy atom. The summed E-state index contributed by atoms with van der Waals surface area (Å²) in [7, 11) is 0. The maximum absolute atomic E-state index is 13.9. The van der Waals surface area contributed by atoms with Gasteiger partial charge in [-0.15, -0.1) is 22.9 Å². The maximum Gasteiger partial charge on any atom is 0.237 e. The summed E-state index contributed by atoms with van der Waals surface area (Å²) >= 11 is 7.34. The lowest BCUT2D eigenvalue weighted by atomic mass is 9.93. The Bertz CT molecular complexity index is 898. The third kappa shape index (κ3) is 4.32. The molecule has 2 aliphatic rings. The first-order valence-corrected chi connectivity index (χ1v) is 11.2. The van der Waals surface area contributed by atoms with E-state index in [2.05, 4.69) is 16.3 Å². The fraction of sp³-hybridized carbons (Fsp3) is 0.429. The molecule has 4 rings (SSSR count). The lowest BCUT2D eigenvalue weighted by Crippen LogP contribution is -2.53. The van der Waals surface area contributed by atoms with Crippen LogP contribution in [0.2, 0.25) is 0 Å². The Morgan fingerprint density at radius 1 is 1.07 bits per heavy atom.